The van der Waals surface area contributed by atoms with Crippen LogP contribution in [0.25, 0.3) is 0 Å². The zero-order chi connectivity index (χ0) is 16.7. The van der Waals surface area contributed by atoms with Gasteiger partial charge >= 0.3 is 19.5 Å². The average Bonchev–Trinajstić information content (AvgIpc) is 2.13. The molecule has 0 aromatic rings. The summed E-state index contributed by atoms with van der Waals surface area (Å²) >= 11 is 0. The molecule has 0 bridgehead atoms. The molecule has 0 aliphatic heterocycles. The molecule has 0 saturated heterocycles. The number of ketones is 2. The molecule has 0 aliphatic carbocycles. The molecule has 0 spiro atoms. The maximum Gasteiger partial charge on any atom is 2.00 e. The van der Waals surface area contributed by atoms with E-state index in [9.17, 15) is 19.8 Å². The van der Waals surface area contributed by atoms with E-state index in [-0.39, 0.29) is 68.2 Å². The van der Waals surface area contributed by atoms with Crippen LogP contribution in [0.3, 0.4) is 0 Å². The van der Waals surface area contributed by atoms with Crippen molar-refractivity contribution < 1.29 is 39.3 Å². The molecular weight excluding hydrogens is 381 g/mol. The van der Waals surface area contributed by atoms with Crippen molar-refractivity contribution in [3.63, 3.8) is 0 Å². The molecular formula is C18H34O4Ru. The molecule has 0 heterocycles. The maximum atomic E-state index is 10.5. The first-order valence-electron chi connectivity index (χ1n) is 6.51. The molecule has 5 heteroatoms. The zero-order valence-corrected chi connectivity index (χ0v) is 18.0. The molecule has 0 aliphatic rings. The van der Waals surface area contributed by atoms with Gasteiger partial charge in [0.15, 0.2) is 11.6 Å². The van der Waals surface area contributed by atoms with Gasteiger partial charge in [-0.2, -0.15) is 0 Å². The van der Waals surface area contributed by atoms with Crippen LogP contribution in [-0.2, 0) is 29.1 Å². The van der Waals surface area contributed by atoms with Crippen molar-refractivity contribution in [2.24, 2.45) is 10.8 Å². The molecule has 0 radical (unpaired) electrons. The first-order chi connectivity index (χ1) is 8.67. The van der Waals surface area contributed by atoms with E-state index in [1.807, 2.05) is 41.5 Å². The van der Waals surface area contributed by atoms with Crippen LogP contribution in [0.4, 0.5) is 0 Å². The van der Waals surface area contributed by atoms with E-state index in [0.29, 0.717) is 0 Å². The molecule has 2 N–H and O–H groups in total. The van der Waals surface area contributed by atoms with Gasteiger partial charge in [0.1, 0.15) is 11.5 Å². The zero-order valence-electron chi connectivity index (χ0n) is 16.2. The van der Waals surface area contributed by atoms with Crippen LogP contribution in [0, 0.1) is 25.7 Å². The summed E-state index contributed by atoms with van der Waals surface area (Å²) in [5, 5.41) is 18.4. The number of aliphatic hydroxyl groups is 2. The van der Waals surface area contributed by atoms with Gasteiger partial charge in [-0.3, -0.25) is 9.59 Å². The maximum absolute atomic E-state index is 10.5. The second kappa shape index (κ2) is 13.5. The fourth-order valence-corrected chi connectivity index (χ4v) is 0.818. The Balaban J connectivity index is -0.0000000831. The monoisotopic (exact) mass is 416 g/mol. The van der Waals surface area contributed by atoms with Crippen molar-refractivity contribution in [2.45, 2.75) is 55.4 Å². The Morgan fingerprint density at radius 3 is 0.913 bits per heavy atom. The van der Waals surface area contributed by atoms with Gasteiger partial charge in [0.25, 0.3) is 0 Å². The summed E-state index contributed by atoms with van der Waals surface area (Å²) in [7, 11) is 0. The van der Waals surface area contributed by atoms with Crippen molar-refractivity contribution in [3.8, 4) is 0 Å². The van der Waals surface area contributed by atoms with Crippen LogP contribution in [0.2, 0.25) is 0 Å². The molecule has 0 aromatic carbocycles. The first-order valence-corrected chi connectivity index (χ1v) is 6.51. The Morgan fingerprint density at radius 2 is 0.870 bits per heavy atom. The molecule has 23 heavy (non-hydrogen) atoms. The third kappa shape index (κ3) is 21.0. The van der Waals surface area contributed by atoms with Gasteiger partial charge in [-0.25, -0.2) is 0 Å². The number of hydrogen-bond acceptors (Lipinski definition) is 4. The summed E-state index contributed by atoms with van der Waals surface area (Å²) in [6, 6.07) is 0. The Morgan fingerprint density at radius 1 is 0.696 bits per heavy atom. The number of hydrogen-bond donors (Lipinski definition) is 2. The van der Waals surface area contributed by atoms with Gasteiger partial charge in [-0.15, -0.1) is 0 Å². The summed E-state index contributed by atoms with van der Waals surface area (Å²) < 4.78 is 0. The van der Waals surface area contributed by atoms with Crippen molar-refractivity contribution in [1.29, 1.82) is 0 Å². The second-order valence-corrected chi connectivity index (χ2v) is 6.78. The Bertz CT molecular complexity index is 368. The minimum Gasteiger partial charge on any atom is -0.512 e. The van der Waals surface area contributed by atoms with E-state index in [2.05, 4.69) is 0 Å². The molecule has 0 atom stereocenters. The Kier molecular flexibility index (Phi) is 19.7. The number of aliphatic hydroxyl groups excluding tert-OH is 2. The number of allylic oxidation sites excluding steroid dienone is 4. The molecule has 0 amide bonds. The summed E-state index contributed by atoms with van der Waals surface area (Å²) in [6.07, 6.45) is 2.50. The largest absolute Gasteiger partial charge is 2.00 e. The normalized spacial score (nSPS) is 11.7. The van der Waals surface area contributed by atoms with E-state index in [1.54, 1.807) is 0 Å². The second-order valence-electron chi connectivity index (χ2n) is 6.78. The number of carbonyl (C=O) groups excluding carboxylic acids is 2. The molecule has 4 nitrogen and oxygen atoms in total. The van der Waals surface area contributed by atoms with Crippen LogP contribution in [0.5, 0.6) is 0 Å². The van der Waals surface area contributed by atoms with Crippen LogP contribution in [0.15, 0.2) is 23.7 Å². The Hall–Kier alpha value is -0.957. The first kappa shape index (κ1) is 33.6. The van der Waals surface area contributed by atoms with E-state index < -0.39 is 0 Å². The van der Waals surface area contributed by atoms with Gasteiger partial charge in [0.2, 0.25) is 0 Å². The predicted octanol–water partition coefficient (Wildman–Crippen LogP) is 5.02. The van der Waals surface area contributed by atoms with Gasteiger partial charge < -0.3 is 25.1 Å². The quantitative estimate of drug-likeness (QED) is 0.287. The molecule has 0 rings (SSSR count). The van der Waals surface area contributed by atoms with Gasteiger partial charge in [-0.1, -0.05) is 41.5 Å². The van der Waals surface area contributed by atoms with Crippen molar-refractivity contribution >= 4 is 11.6 Å². The summed E-state index contributed by atoms with van der Waals surface area (Å²) in [6.45, 7) is 13.9. The van der Waals surface area contributed by atoms with E-state index in [1.165, 1.54) is 26.0 Å². The van der Waals surface area contributed by atoms with Crippen LogP contribution >= 0.6 is 0 Å². The fraction of sp³-hybridized carbons (Fsp3) is 0.556. The summed E-state index contributed by atoms with van der Waals surface area (Å²) in [4.78, 5) is 20.9. The molecule has 0 saturated carbocycles. The minimum atomic E-state index is -0.314. The van der Waals surface area contributed by atoms with Crippen LogP contribution in [0.1, 0.15) is 55.4 Å². The third-order valence-electron chi connectivity index (χ3n) is 2.22. The van der Waals surface area contributed by atoms with E-state index in [4.69, 9.17) is 0 Å². The van der Waals surface area contributed by atoms with Crippen LogP contribution in [-0.4, -0.2) is 21.8 Å². The summed E-state index contributed by atoms with van der Waals surface area (Å²) in [5.41, 5.74) is -0.628. The van der Waals surface area contributed by atoms with Crippen molar-refractivity contribution in [1.82, 2.24) is 0 Å². The van der Waals surface area contributed by atoms with Gasteiger partial charge in [-0.05, 0) is 13.8 Å². The minimum absolute atomic E-state index is 0. The topological polar surface area (TPSA) is 74.6 Å². The van der Waals surface area contributed by atoms with Gasteiger partial charge in [0, 0.05) is 23.0 Å². The third-order valence-corrected chi connectivity index (χ3v) is 2.22. The number of rotatable bonds is 2. The molecule has 0 aromatic heterocycles. The molecule has 138 valence electrons. The molecule has 0 fully saturated rings. The standard InChI is InChI=1S/2C8H14O2.2CH3.Ru/c2*1-6(9)5-7(10)8(2,3)4;;;/h2*5,10H,1-4H3;2*1H3;/q;;2*-1;+2/b2*7-5-;;;. The number of carbonyl (C=O) groups is 2. The average molecular weight is 416 g/mol. The van der Waals surface area contributed by atoms with E-state index in [0.717, 1.165) is 0 Å². The smallest absolute Gasteiger partial charge is 0.512 e. The van der Waals surface area contributed by atoms with Crippen LogP contribution < -0.4 is 0 Å². The Labute approximate surface area is 155 Å². The van der Waals surface area contributed by atoms with E-state index >= 15 is 0 Å². The summed E-state index contributed by atoms with van der Waals surface area (Å²) in [5.74, 6) is 0.0415. The fourth-order valence-electron chi connectivity index (χ4n) is 0.818. The predicted molar refractivity (Wildman–Crippen MR) is 94.5 cm³/mol. The van der Waals surface area contributed by atoms with Crippen molar-refractivity contribution in [2.75, 3.05) is 0 Å². The van der Waals surface area contributed by atoms with Crippen molar-refractivity contribution in [3.05, 3.63) is 38.5 Å². The van der Waals surface area contributed by atoms with Gasteiger partial charge in [0.05, 0.1) is 0 Å². The molecule has 0 unspecified atom stereocenters. The SMILES string of the molecule is CC(=O)/C=C(\O)C(C)(C)C.CC(=O)/C=C(\O)C(C)(C)C.[CH3-].[CH3-].[Ru+2].